The number of hydrogen-bond donors (Lipinski definition) is 1. The summed E-state index contributed by atoms with van der Waals surface area (Å²) in [7, 11) is 0. The zero-order valence-corrected chi connectivity index (χ0v) is 9.91. The summed E-state index contributed by atoms with van der Waals surface area (Å²) in [5.74, 6) is -0.390. The predicted molar refractivity (Wildman–Crippen MR) is 62.9 cm³/mol. The predicted octanol–water partition coefficient (Wildman–Crippen LogP) is 3.38. The molecule has 0 radical (unpaired) electrons. The Morgan fingerprint density at radius 2 is 1.78 bits per heavy atom. The first-order valence-electron chi connectivity index (χ1n) is 5.77. The van der Waals surface area contributed by atoms with Crippen LogP contribution in [0, 0.1) is 0 Å². The van der Waals surface area contributed by atoms with Crippen molar-refractivity contribution in [3.63, 3.8) is 0 Å². The van der Waals surface area contributed by atoms with Gasteiger partial charge in [0, 0.05) is 18.9 Å². The van der Waals surface area contributed by atoms with Crippen LogP contribution in [-0.4, -0.2) is 12.0 Å². The molecule has 100 valence electrons. The minimum Gasteiger partial charge on any atom is -0.324 e. The Morgan fingerprint density at radius 1 is 1.17 bits per heavy atom. The third-order valence-electron chi connectivity index (χ3n) is 2.65. The van der Waals surface area contributed by atoms with Gasteiger partial charge in [-0.25, -0.2) is 0 Å². The highest BCUT2D eigenvalue weighted by molar-refractivity contribution is 5.78. The second-order valence-corrected chi connectivity index (χ2v) is 4.21. The molecule has 1 atom stereocenters. The van der Waals surface area contributed by atoms with Gasteiger partial charge in [0.2, 0.25) is 0 Å². The highest BCUT2D eigenvalue weighted by Gasteiger charge is 2.27. The molecule has 0 aliphatic heterocycles. The number of nitrogens with two attached hydrogens (primary N) is 1. The minimum atomic E-state index is -4.27. The van der Waals surface area contributed by atoms with Gasteiger partial charge in [-0.3, -0.25) is 4.79 Å². The van der Waals surface area contributed by atoms with Crippen LogP contribution >= 0.6 is 0 Å². The fourth-order valence-electron chi connectivity index (χ4n) is 1.59. The van der Waals surface area contributed by atoms with Crippen molar-refractivity contribution in [2.45, 2.75) is 37.9 Å². The second-order valence-electron chi connectivity index (χ2n) is 4.21. The number of hydrogen-bond acceptors (Lipinski definition) is 2. The Labute approximate surface area is 104 Å². The largest absolute Gasteiger partial charge is 0.389 e. The summed E-state index contributed by atoms with van der Waals surface area (Å²) in [4.78, 5) is 11.3. The van der Waals surface area contributed by atoms with Gasteiger partial charge >= 0.3 is 6.18 Å². The van der Waals surface area contributed by atoms with E-state index in [2.05, 4.69) is 0 Å². The summed E-state index contributed by atoms with van der Waals surface area (Å²) < 4.78 is 35.7. The minimum absolute atomic E-state index is 0.0894. The van der Waals surface area contributed by atoms with Crippen molar-refractivity contribution in [3.8, 4) is 0 Å². The van der Waals surface area contributed by atoms with Crippen LogP contribution in [0.5, 0.6) is 0 Å². The summed E-state index contributed by atoms with van der Waals surface area (Å²) in [6.45, 7) is 0. The lowest BCUT2D eigenvalue weighted by atomic mass is 10.0. The van der Waals surface area contributed by atoms with Gasteiger partial charge < -0.3 is 5.73 Å². The maximum atomic E-state index is 11.9. The van der Waals surface area contributed by atoms with Gasteiger partial charge in [0.05, 0.1) is 6.42 Å². The molecule has 0 aromatic heterocycles. The van der Waals surface area contributed by atoms with Crippen molar-refractivity contribution in [1.82, 2.24) is 0 Å². The van der Waals surface area contributed by atoms with E-state index in [4.69, 9.17) is 5.73 Å². The molecule has 0 amide bonds. The summed E-state index contributed by atoms with van der Waals surface area (Å²) in [6, 6.07) is 8.89. The molecule has 2 nitrogen and oxygen atoms in total. The molecular weight excluding hydrogens is 243 g/mol. The molecule has 5 heteroatoms. The van der Waals surface area contributed by atoms with Crippen LogP contribution in [0.15, 0.2) is 30.3 Å². The Kier molecular flexibility index (Phi) is 5.34. The normalized spacial score (nSPS) is 13.3. The molecule has 0 aliphatic carbocycles. The van der Waals surface area contributed by atoms with Gasteiger partial charge in [0.25, 0.3) is 0 Å². The van der Waals surface area contributed by atoms with Crippen molar-refractivity contribution in [2.24, 2.45) is 5.73 Å². The summed E-state index contributed by atoms with van der Waals surface area (Å²) >= 11 is 0. The summed E-state index contributed by atoms with van der Waals surface area (Å²) in [5.41, 5.74) is 6.74. The van der Waals surface area contributed by atoms with Crippen LogP contribution in [-0.2, 0) is 4.79 Å². The van der Waals surface area contributed by atoms with Crippen molar-refractivity contribution in [2.75, 3.05) is 0 Å². The Balaban J connectivity index is 2.31. The van der Waals surface area contributed by atoms with E-state index in [0.29, 0.717) is 6.42 Å². The second kappa shape index (κ2) is 6.54. The first-order chi connectivity index (χ1) is 8.38. The summed E-state index contributed by atoms with van der Waals surface area (Å²) in [6.07, 6.45) is -5.30. The zero-order valence-electron chi connectivity index (χ0n) is 9.91. The summed E-state index contributed by atoms with van der Waals surface area (Å²) in [5, 5.41) is 0. The highest BCUT2D eigenvalue weighted by atomic mass is 19.4. The zero-order chi connectivity index (χ0) is 13.6. The molecule has 18 heavy (non-hydrogen) atoms. The third kappa shape index (κ3) is 5.82. The SMILES string of the molecule is NC(CCC(=O)CCC(F)(F)F)c1ccccc1. The first kappa shape index (κ1) is 14.7. The lowest BCUT2D eigenvalue weighted by Crippen LogP contribution is -2.14. The Hall–Kier alpha value is -1.36. The number of ketones is 1. The van der Waals surface area contributed by atoms with Crippen molar-refractivity contribution in [1.29, 1.82) is 0 Å². The number of carbonyl (C=O) groups is 1. The van der Waals surface area contributed by atoms with Crippen LogP contribution in [0.4, 0.5) is 13.2 Å². The van der Waals surface area contributed by atoms with Crippen molar-refractivity contribution < 1.29 is 18.0 Å². The lowest BCUT2D eigenvalue weighted by Gasteiger charge is -2.11. The third-order valence-corrected chi connectivity index (χ3v) is 2.65. The van der Waals surface area contributed by atoms with Gasteiger partial charge in [-0.1, -0.05) is 30.3 Å². The van der Waals surface area contributed by atoms with Crippen molar-refractivity contribution >= 4 is 5.78 Å². The number of alkyl halides is 3. The molecule has 1 unspecified atom stereocenters. The standard InChI is InChI=1S/C13H16F3NO/c14-13(15,16)9-8-11(18)6-7-12(17)10-4-2-1-3-5-10/h1-5,12H,6-9,17H2. The molecular formula is C13H16F3NO. The van der Waals surface area contributed by atoms with Crippen LogP contribution in [0.1, 0.15) is 37.3 Å². The molecule has 0 spiro atoms. The monoisotopic (exact) mass is 259 g/mol. The fraction of sp³-hybridized carbons (Fsp3) is 0.462. The van der Waals surface area contributed by atoms with Crippen LogP contribution in [0.25, 0.3) is 0 Å². The van der Waals surface area contributed by atoms with Gasteiger partial charge in [0.1, 0.15) is 5.78 Å². The van der Waals surface area contributed by atoms with Crippen molar-refractivity contribution in [3.05, 3.63) is 35.9 Å². The van der Waals surface area contributed by atoms with E-state index < -0.39 is 24.8 Å². The van der Waals surface area contributed by atoms with Crippen LogP contribution in [0.3, 0.4) is 0 Å². The highest BCUT2D eigenvalue weighted by Crippen LogP contribution is 2.23. The maximum Gasteiger partial charge on any atom is 0.389 e. The van der Waals surface area contributed by atoms with Gasteiger partial charge in [-0.05, 0) is 12.0 Å². The number of carbonyl (C=O) groups excluding carboxylic acids is 1. The fourth-order valence-corrected chi connectivity index (χ4v) is 1.59. The number of rotatable bonds is 6. The van der Waals surface area contributed by atoms with Gasteiger partial charge in [-0.2, -0.15) is 13.2 Å². The van der Waals surface area contributed by atoms with E-state index >= 15 is 0 Å². The van der Waals surface area contributed by atoms with E-state index in [1.54, 1.807) is 0 Å². The Morgan fingerprint density at radius 3 is 2.33 bits per heavy atom. The molecule has 1 aromatic rings. The average molecular weight is 259 g/mol. The molecule has 0 fully saturated rings. The molecule has 2 N–H and O–H groups in total. The average Bonchev–Trinajstić information content (AvgIpc) is 2.33. The first-order valence-corrected chi connectivity index (χ1v) is 5.77. The van der Waals surface area contributed by atoms with E-state index in [1.165, 1.54) is 0 Å². The molecule has 0 heterocycles. The quantitative estimate of drug-likeness (QED) is 0.851. The smallest absolute Gasteiger partial charge is 0.324 e. The van der Waals surface area contributed by atoms with E-state index in [-0.39, 0.29) is 12.5 Å². The van der Waals surface area contributed by atoms with Crippen LogP contribution in [0.2, 0.25) is 0 Å². The molecule has 0 bridgehead atoms. The maximum absolute atomic E-state index is 11.9. The topological polar surface area (TPSA) is 43.1 Å². The number of halogens is 3. The molecule has 0 saturated heterocycles. The number of Topliss-reactive ketones (excluding diaryl/α,β-unsaturated/α-hetero) is 1. The van der Waals surface area contributed by atoms with E-state index in [9.17, 15) is 18.0 Å². The number of benzene rings is 1. The van der Waals surface area contributed by atoms with E-state index in [1.807, 2.05) is 30.3 Å². The van der Waals surface area contributed by atoms with E-state index in [0.717, 1.165) is 5.56 Å². The molecule has 0 saturated carbocycles. The molecule has 0 aliphatic rings. The van der Waals surface area contributed by atoms with Gasteiger partial charge in [-0.15, -0.1) is 0 Å². The molecule has 1 aromatic carbocycles. The lowest BCUT2D eigenvalue weighted by molar-refractivity contribution is -0.143. The molecule has 1 rings (SSSR count). The Bertz CT molecular complexity index is 376. The van der Waals surface area contributed by atoms with Gasteiger partial charge in [0.15, 0.2) is 0 Å². The van der Waals surface area contributed by atoms with Crippen LogP contribution < -0.4 is 5.73 Å².